The topological polar surface area (TPSA) is 81.0 Å². The van der Waals surface area contributed by atoms with Crippen LogP contribution in [0.5, 0.6) is 5.88 Å². The zero-order chi connectivity index (χ0) is 25.6. The quantitative estimate of drug-likeness (QED) is 0.528. The van der Waals surface area contributed by atoms with Crippen molar-refractivity contribution >= 4 is 11.6 Å². The Bertz CT molecular complexity index is 1250. The lowest BCUT2D eigenvalue weighted by molar-refractivity contribution is -0.137. The van der Waals surface area contributed by atoms with Gasteiger partial charge in [0.05, 0.1) is 24.6 Å². The van der Waals surface area contributed by atoms with Gasteiger partial charge in [-0.25, -0.2) is 4.68 Å². The molecule has 0 unspecified atom stereocenters. The summed E-state index contributed by atoms with van der Waals surface area (Å²) >= 11 is 0. The number of hydrogen-bond donors (Lipinski definition) is 1. The lowest BCUT2D eigenvalue weighted by Crippen LogP contribution is -2.48. The number of ether oxygens (including phenoxy) is 1. The predicted molar refractivity (Wildman–Crippen MR) is 132 cm³/mol. The summed E-state index contributed by atoms with van der Waals surface area (Å²) < 4.78 is 47.2. The zero-order valence-corrected chi connectivity index (χ0v) is 20.7. The van der Waals surface area contributed by atoms with Gasteiger partial charge in [-0.3, -0.25) is 0 Å². The van der Waals surface area contributed by atoms with Crippen molar-refractivity contribution < 1.29 is 17.9 Å². The van der Waals surface area contributed by atoms with Crippen molar-refractivity contribution in [1.82, 2.24) is 25.0 Å². The lowest BCUT2D eigenvalue weighted by Gasteiger charge is -2.39. The first-order valence-corrected chi connectivity index (χ1v) is 12.9. The molecule has 1 saturated carbocycles. The number of aryl methyl sites for hydroxylation is 1. The van der Waals surface area contributed by atoms with Crippen LogP contribution < -0.4 is 15.0 Å². The van der Waals surface area contributed by atoms with Gasteiger partial charge < -0.3 is 15.0 Å². The van der Waals surface area contributed by atoms with E-state index in [-0.39, 0.29) is 12.0 Å². The van der Waals surface area contributed by atoms with Gasteiger partial charge in [0.2, 0.25) is 11.8 Å². The number of methoxy groups -OCH3 is 1. The van der Waals surface area contributed by atoms with Crippen LogP contribution in [-0.4, -0.2) is 51.2 Å². The molecule has 6 rings (SSSR count). The van der Waals surface area contributed by atoms with E-state index >= 15 is 0 Å². The fraction of sp³-hybridized carbons (Fsp3) is 0.538. The predicted octanol–water partition coefficient (Wildman–Crippen LogP) is 4.74. The van der Waals surface area contributed by atoms with Crippen LogP contribution in [0.2, 0.25) is 0 Å². The number of alkyl halides is 3. The third-order valence-corrected chi connectivity index (χ3v) is 8.06. The molecule has 3 aliphatic rings. The molecule has 8 nitrogen and oxygen atoms in total. The van der Waals surface area contributed by atoms with E-state index in [0.29, 0.717) is 29.2 Å². The first kappa shape index (κ1) is 24.0. The summed E-state index contributed by atoms with van der Waals surface area (Å²) in [7, 11) is 1.59. The molecule has 3 aromatic rings. The number of anilines is 2. The number of rotatable bonds is 5. The minimum Gasteiger partial charge on any atom is -0.480 e. The monoisotopic (exact) mass is 513 g/mol. The molecule has 1 aromatic carbocycles. The highest BCUT2D eigenvalue weighted by atomic mass is 19.4. The smallest absolute Gasteiger partial charge is 0.416 e. The molecule has 1 aliphatic carbocycles. The second kappa shape index (κ2) is 9.50. The number of aromatic nitrogens is 5. The maximum atomic E-state index is 13.4. The van der Waals surface area contributed by atoms with Crippen molar-refractivity contribution in [3.05, 3.63) is 53.5 Å². The third kappa shape index (κ3) is 4.71. The molecular weight excluding hydrogens is 483 g/mol. The van der Waals surface area contributed by atoms with Gasteiger partial charge >= 0.3 is 6.18 Å². The lowest BCUT2D eigenvalue weighted by atomic mass is 9.92. The van der Waals surface area contributed by atoms with E-state index in [1.807, 2.05) is 10.7 Å². The molecule has 11 heteroatoms. The summed E-state index contributed by atoms with van der Waals surface area (Å²) in [4.78, 5) is 7.21. The van der Waals surface area contributed by atoms with E-state index in [1.54, 1.807) is 19.4 Å². The van der Waals surface area contributed by atoms with E-state index in [1.165, 1.54) is 12.1 Å². The average Bonchev–Trinajstić information content (AvgIpc) is 3.30. The number of halogens is 3. The van der Waals surface area contributed by atoms with E-state index in [4.69, 9.17) is 14.8 Å². The molecule has 0 radical (unpaired) electrons. The highest BCUT2D eigenvalue weighted by molar-refractivity contribution is 5.48. The number of nitrogens with one attached hydrogen (secondary N) is 1. The van der Waals surface area contributed by atoms with E-state index in [2.05, 4.69) is 20.4 Å². The second-order valence-corrected chi connectivity index (χ2v) is 10.3. The summed E-state index contributed by atoms with van der Waals surface area (Å²) in [5, 5.41) is 16.4. The Kier molecular flexibility index (Phi) is 6.16. The van der Waals surface area contributed by atoms with Gasteiger partial charge in [0.15, 0.2) is 0 Å². The number of piperidine rings is 1. The number of benzene rings is 1. The van der Waals surface area contributed by atoms with Crippen LogP contribution in [0.25, 0.3) is 0 Å². The van der Waals surface area contributed by atoms with Crippen LogP contribution in [0.1, 0.15) is 55.0 Å². The summed E-state index contributed by atoms with van der Waals surface area (Å²) in [5.41, 5.74) is 1.04. The van der Waals surface area contributed by atoms with Crippen LogP contribution in [0, 0.1) is 11.8 Å². The van der Waals surface area contributed by atoms with Crippen LogP contribution in [-0.2, 0) is 12.7 Å². The van der Waals surface area contributed by atoms with Gasteiger partial charge in [0, 0.05) is 37.7 Å². The van der Waals surface area contributed by atoms with Crippen molar-refractivity contribution in [1.29, 1.82) is 0 Å². The highest BCUT2D eigenvalue weighted by Crippen LogP contribution is 2.41. The van der Waals surface area contributed by atoms with Gasteiger partial charge in [-0.15, -0.1) is 10.2 Å². The normalized spacial score (nSPS) is 25.5. The van der Waals surface area contributed by atoms with Crippen molar-refractivity contribution in [3.63, 3.8) is 0 Å². The maximum absolute atomic E-state index is 13.4. The van der Waals surface area contributed by atoms with Crippen LogP contribution in [0.3, 0.4) is 0 Å². The van der Waals surface area contributed by atoms with Crippen molar-refractivity contribution in [3.8, 4) is 5.88 Å². The van der Waals surface area contributed by atoms with E-state index in [9.17, 15) is 13.2 Å². The van der Waals surface area contributed by atoms with Crippen LogP contribution in [0.15, 0.2) is 36.5 Å². The zero-order valence-electron chi connectivity index (χ0n) is 20.7. The molecule has 0 spiro atoms. The third-order valence-electron chi connectivity index (χ3n) is 8.06. The van der Waals surface area contributed by atoms with Crippen LogP contribution >= 0.6 is 0 Å². The Hall–Kier alpha value is -3.37. The van der Waals surface area contributed by atoms with Gasteiger partial charge in [-0.05, 0) is 49.1 Å². The molecule has 4 heterocycles. The Morgan fingerprint density at radius 3 is 2.62 bits per heavy atom. The molecule has 2 aliphatic heterocycles. The fourth-order valence-electron chi connectivity index (χ4n) is 6.25. The Morgan fingerprint density at radius 2 is 1.86 bits per heavy atom. The molecule has 4 atom stereocenters. The van der Waals surface area contributed by atoms with Crippen molar-refractivity contribution in [2.24, 2.45) is 11.8 Å². The largest absolute Gasteiger partial charge is 0.480 e. The Labute approximate surface area is 213 Å². The summed E-state index contributed by atoms with van der Waals surface area (Å²) in [5.74, 6) is 2.49. The highest BCUT2D eigenvalue weighted by Gasteiger charge is 2.43. The first-order chi connectivity index (χ1) is 17.9. The van der Waals surface area contributed by atoms with Gasteiger partial charge in [-0.1, -0.05) is 24.6 Å². The molecule has 1 saturated heterocycles. The Morgan fingerprint density at radius 1 is 1.05 bits per heavy atom. The molecule has 2 fully saturated rings. The molecule has 37 heavy (non-hydrogen) atoms. The van der Waals surface area contributed by atoms with Gasteiger partial charge in [-0.2, -0.15) is 23.3 Å². The summed E-state index contributed by atoms with van der Waals surface area (Å²) in [6.45, 7) is 2.51. The standard InChI is InChI=1S/C26H30F3N7O/c1-37-22-12-20(13-30-33-22)35-14-17-8-9-18(15-35)23(17)31-25-32-24-21(7-2-3-10-36(24)34-25)16-5-4-6-19(11-16)26(27,28)29/h4-6,11-13,17-18,21,23H,2-3,7-10,14-15H2,1H3,(H,31,34)/t17-,18+,21-,23+/m1/s1. The van der Waals surface area contributed by atoms with Crippen molar-refractivity contribution in [2.45, 2.75) is 56.8 Å². The Balaban J connectivity index is 1.21. The number of fused-ring (bicyclic) bond motifs is 3. The number of nitrogens with zero attached hydrogens (tertiary/aromatic N) is 6. The molecule has 0 amide bonds. The molecule has 1 N–H and O–H groups in total. The summed E-state index contributed by atoms with van der Waals surface area (Å²) in [6, 6.07) is 7.83. The molecular formula is C26H30F3N7O. The molecule has 2 aromatic heterocycles. The fourth-order valence-corrected chi connectivity index (χ4v) is 6.25. The van der Waals surface area contributed by atoms with Crippen molar-refractivity contribution in [2.75, 3.05) is 30.4 Å². The SMILES string of the molecule is COc1cc(N2C[C@H]3CC[C@@H](C2)[C@H]3Nc2nc3n(n2)CCCC[C@@H]3c2cccc(C(F)(F)F)c2)cnn1. The van der Waals surface area contributed by atoms with Gasteiger partial charge in [0.1, 0.15) is 5.82 Å². The molecule has 2 bridgehead atoms. The average molecular weight is 514 g/mol. The first-order valence-electron chi connectivity index (χ1n) is 12.9. The van der Waals surface area contributed by atoms with E-state index in [0.717, 1.165) is 69.3 Å². The minimum atomic E-state index is -4.37. The minimum absolute atomic E-state index is 0.208. The summed E-state index contributed by atoms with van der Waals surface area (Å²) in [6.07, 6.45) is 2.25. The number of hydrogen-bond acceptors (Lipinski definition) is 7. The van der Waals surface area contributed by atoms with E-state index < -0.39 is 11.7 Å². The maximum Gasteiger partial charge on any atom is 0.416 e. The van der Waals surface area contributed by atoms with Gasteiger partial charge in [0.25, 0.3) is 0 Å². The molecule has 196 valence electrons. The second-order valence-electron chi connectivity index (χ2n) is 10.3. The van der Waals surface area contributed by atoms with Crippen LogP contribution in [0.4, 0.5) is 24.8 Å².